The van der Waals surface area contributed by atoms with E-state index in [9.17, 15) is 9.90 Å². The molecule has 1 heterocycles. The van der Waals surface area contributed by atoms with E-state index in [1.807, 2.05) is 0 Å². The van der Waals surface area contributed by atoms with Crippen LogP contribution >= 0.6 is 0 Å². The van der Waals surface area contributed by atoms with Gasteiger partial charge in [-0.3, -0.25) is 4.79 Å². The van der Waals surface area contributed by atoms with Gasteiger partial charge in [-0.25, -0.2) is 0 Å². The summed E-state index contributed by atoms with van der Waals surface area (Å²) in [7, 11) is 0. The average Bonchev–Trinajstić information content (AvgIpc) is 2.61. The summed E-state index contributed by atoms with van der Waals surface area (Å²) < 4.78 is 0. The zero-order chi connectivity index (χ0) is 11.0. The molecule has 2 rings (SSSR count). The number of phenolic OH excluding ortho intramolecular Hbond substituents is 1. The number of H-pyrrole nitrogens is 1. The van der Waals surface area contributed by atoms with E-state index < -0.39 is 12.0 Å². The number of aromatic nitrogens is 1. The lowest BCUT2D eigenvalue weighted by molar-refractivity contribution is -0.138. The Hall–Kier alpha value is -2.01. The Balaban J connectivity index is 2.67. The van der Waals surface area contributed by atoms with Crippen molar-refractivity contribution in [1.82, 2.24) is 4.98 Å². The third-order valence-corrected chi connectivity index (χ3v) is 2.32. The average molecular weight is 206 g/mol. The number of fused-ring (bicyclic) bond motifs is 1. The molecule has 78 valence electrons. The van der Waals surface area contributed by atoms with Gasteiger partial charge in [-0.05, 0) is 12.1 Å². The van der Waals surface area contributed by atoms with Crippen LogP contribution in [0.2, 0.25) is 0 Å². The summed E-state index contributed by atoms with van der Waals surface area (Å²) in [5.41, 5.74) is 6.54. The largest absolute Gasteiger partial charge is 0.507 e. The van der Waals surface area contributed by atoms with Gasteiger partial charge >= 0.3 is 5.97 Å². The fraction of sp³-hybridized carbons (Fsp3) is 0.100. The third-order valence-electron chi connectivity index (χ3n) is 2.32. The van der Waals surface area contributed by atoms with Gasteiger partial charge in [0.25, 0.3) is 0 Å². The number of aromatic hydroxyl groups is 1. The van der Waals surface area contributed by atoms with Gasteiger partial charge in [0.15, 0.2) is 0 Å². The normalized spacial score (nSPS) is 12.9. The zero-order valence-corrected chi connectivity index (χ0v) is 7.77. The SMILES string of the molecule is NC(C(=O)O)c1c[nH]c2cccc(O)c12. The van der Waals surface area contributed by atoms with Crippen LogP contribution in [-0.2, 0) is 4.79 Å². The van der Waals surface area contributed by atoms with Crippen LogP contribution in [0.4, 0.5) is 0 Å². The Bertz CT molecular complexity index is 518. The minimum Gasteiger partial charge on any atom is -0.507 e. The molecule has 5 nitrogen and oxygen atoms in total. The molecule has 0 saturated heterocycles. The molecule has 1 aromatic carbocycles. The number of hydrogen-bond acceptors (Lipinski definition) is 3. The topological polar surface area (TPSA) is 99.3 Å². The molecule has 0 bridgehead atoms. The minimum absolute atomic E-state index is 0.0282. The second-order valence-corrected chi connectivity index (χ2v) is 3.26. The van der Waals surface area contributed by atoms with E-state index in [0.29, 0.717) is 16.5 Å². The van der Waals surface area contributed by atoms with Crippen molar-refractivity contribution in [3.63, 3.8) is 0 Å². The number of carbonyl (C=O) groups is 1. The predicted octanol–water partition coefficient (Wildman–Crippen LogP) is 0.958. The lowest BCUT2D eigenvalue weighted by Crippen LogP contribution is -2.20. The van der Waals surface area contributed by atoms with Crippen LogP contribution in [0.3, 0.4) is 0 Å². The minimum atomic E-state index is -1.13. The molecule has 0 fully saturated rings. The number of phenols is 1. The van der Waals surface area contributed by atoms with Crippen molar-refractivity contribution < 1.29 is 15.0 Å². The van der Waals surface area contributed by atoms with E-state index in [-0.39, 0.29) is 5.75 Å². The lowest BCUT2D eigenvalue weighted by Gasteiger charge is -2.05. The molecule has 5 heteroatoms. The van der Waals surface area contributed by atoms with Gasteiger partial charge < -0.3 is 20.9 Å². The summed E-state index contributed by atoms with van der Waals surface area (Å²) in [6, 6.07) is 3.78. The van der Waals surface area contributed by atoms with Crippen LogP contribution in [0.15, 0.2) is 24.4 Å². The van der Waals surface area contributed by atoms with E-state index >= 15 is 0 Å². The number of benzene rings is 1. The maximum atomic E-state index is 10.7. The van der Waals surface area contributed by atoms with Crippen molar-refractivity contribution in [2.75, 3.05) is 0 Å². The monoisotopic (exact) mass is 206 g/mol. The highest BCUT2D eigenvalue weighted by atomic mass is 16.4. The summed E-state index contributed by atoms with van der Waals surface area (Å²) >= 11 is 0. The number of nitrogens with two attached hydrogens (primary N) is 1. The van der Waals surface area contributed by atoms with Crippen LogP contribution < -0.4 is 5.73 Å². The van der Waals surface area contributed by atoms with E-state index in [1.54, 1.807) is 12.1 Å². The Morgan fingerprint density at radius 1 is 1.47 bits per heavy atom. The number of hydrogen-bond donors (Lipinski definition) is 4. The highest BCUT2D eigenvalue weighted by Crippen LogP contribution is 2.30. The first-order valence-corrected chi connectivity index (χ1v) is 4.38. The summed E-state index contributed by atoms with van der Waals surface area (Å²) in [5, 5.41) is 18.9. The maximum absolute atomic E-state index is 10.7. The molecular weight excluding hydrogens is 196 g/mol. The van der Waals surface area contributed by atoms with Crippen LogP contribution in [0.5, 0.6) is 5.75 Å². The van der Waals surface area contributed by atoms with Crippen molar-refractivity contribution in [3.8, 4) is 5.75 Å². The third kappa shape index (κ3) is 1.42. The first-order chi connectivity index (χ1) is 7.11. The van der Waals surface area contributed by atoms with Gasteiger partial charge in [0.1, 0.15) is 11.8 Å². The van der Waals surface area contributed by atoms with Crippen LogP contribution in [-0.4, -0.2) is 21.2 Å². The molecule has 0 amide bonds. The van der Waals surface area contributed by atoms with Gasteiger partial charge in [0.2, 0.25) is 0 Å². The molecular formula is C10H10N2O3. The summed E-state index contributed by atoms with van der Waals surface area (Å²) in [5.74, 6) is -1.10. The number of carboxylic acids is 1. The second kappa shape index (κ2) is 3.29. The Kier molecular flexibility index (Phi) is 2.09. The molecule has 5 N–H and O–H groups in total. The smallest absolute Gasteiger partial charge is 0.325 e. The molecule has 0 aliphatic heterocycles. The molecule has 0 saturated carbocycles. The number of rotatable bonds is 2. The Morgan fingerprint density at radius 2 is 2.20 bits per heavy atom. The number of nitrogens with one attached hydrogen (secondary N) is 1. The van der Waals surface area contributed by atoms with E-state index in [0.717, 1.165) is 0 Å². The summed E-state index contributed by atoms with van der Waals surface area (Å²) in [6.07, 6.45) is 1.50. The molecule has 0 radical (unpaired) electrons. The maximum Gasteiger partial charge on any atom is 0.325 e. The van der Waals surface area contributed by atoms with Gasteiger partial charge in [-0.1, -0.05) is 6.07 Å². The Labute approximate surface area is 85.1 Å². The second-order valence-electron chi connectivity index (χ2n) is 3.26. The molecule has 1 aromatic heterocycles. The fourth-order valence-electron chi connectivity index (χ4n) is 1.57. The van der Waals surface area contributed by atoms with Gasteiger partial charge in [0, 0.05) is 22.7 Å². The molecule has 0 aliphatic rings. The predicted molar refractivity (Wildman–Crippen MR) is 54.5 cm³/mol. The standard InChI is InChI=1S/C10H10N2O3/c11-9(10(14)15)5-4-12-6-2-1-3-7(13)8(5)6/h1-4,9,12-13H,11H2,(H,14,15). The zero-order valence-electron chi connectivity index (χ0n) is 7.77. The van der Waals surface area contributed by atoms with Crippen LogP contribution in [0.1, 0.15) is 11.6 Å². The summed E-state index contributed by atoms with van der Waals surface area (Å²) in [6.45, 7) is 0. The van der Waals surface area contributed by atoms with Crippen molar-refractivity contribution in [3.05, 3.63) is 30.0 Å². The van der Waals surface area contributed by atoms with E-state index in [4.69, 9.17) is 10.8 Å². The van der Waals surface area contributed by atoms with Gasteiger partial charge in [0.05, 0.1) is 0 Å². The number of carboxylic acid groups (broad SMARTS) is 1. The molecule has 0 spiro atoms. The molecule has 2 aromatic rings. The van der Waals surface area contributed by atoms with E-state index in [2.05, 4.69) is 4.98 Å². The summed E-state index contributed by atoms with van der Waals surface area (Å²) in [4.78, 5) is 13.6. The quantitative estimate of drug-likeness (QED) is 0.588. The molecule has 1 unspecified atom stereocenters. The first-order valence-electron chi connectivity index (χ1n) is 4.38. The van der Waals surface area contributed by atoms with Crippen LogP contribution in [0, 0.1) is 0 Å². The van der Waals surface area contributed by atoms with Gasteiger partial charge in [-0.2, -0.15) is 0 Å². The van der Waals surface area contributed by atoms with E-state index in [1.165, 1.54) is 12.3 Å². The highest BCUT2D eigenvalue weighted by Gasteiger charge is 2.19. The van der Waals surface area contributed by atoms with Gasteiger partial charge in [-0.15, -0.1) is 0 Å². The lowest BCUT2D eigenvalue weighted by atomic mass is 10.1. The molecule has 0 aliphatic carbocycles. The van der Waals surface area contributed by atoms with Crippen molar-refractivity contribution in [1.29, 1.82) is 0 Å². The fourth-order valence-corrected chi connectivity index (χ4v) is 1.57. The van der Waals surface area contributed by atoms with Crippen LogP contribution in [0.25, 0.3) is 10.9 Å². The molecule has 15 heavy (non-hydrogen) atoms. The highest BCUT2D eigenvalue weighted by molar-refractivity contribution is 5.93. The first kappa shape index (κ1) is 9.54. The number of aromatic amines is 1. The number of aliphatic carboxylic acids is 1. The molecule has 1 atom stereocenters. The van der Waals surface area contributed by atoms with Crippen molar-refractivity contribution >= 4 is 16.9 Å². The van der Waals surface area contributed by atoms with Crippen molar-refractivity contribution in [2.45, 2.75) is 6.04 Å². The Morgan fingerprint density at radius 3 is 2.87 bits per heavy atom. The van der Waals surface area contributed by atoms with Crippen molar-refractivity contribution in [2.24, 2.45) is 5.73 Å².